The highest BCUT2D eigenvalue weighted by Gasteiger charge is 2.67. The lowest BCUT2D eigenvalue weighted by Gasteiger charge is -2.53. The third-order valence-corrected chi connectivity index (χ3v) is 17.4. The molecule has 82 heavy (non-hydrogen) atoms. The molecule has 0 aromatic heterocycles. The number of nitrogens with one attached hydrogen (secondary N) is 2. The van der Waals surface area contributed by atoms with Crippen LogP contribution in [0.1, 0.15) is 37.3 Å². The highest BCUT2D eigenvalue weighted by Crippen LogP contribution is 2.57. The standard InChI is InChI=1S/C30H38N4O11.C21H41N5O11/c1-29(44)14-5-4-6-17(36)18(14)22(37)19-15(29)13-16-21(32(2)3)23(38)20(25(40)30(16,45)24(19)39)27(41)31-26(28(42)43)34-9-7-33(8-10-34)11-12-35;1-26-11-14(30)18-8(33-20(11)37-21-16(32)13(29)10(25)9(4-27)34-21)3-7(24)19(36-18)35-17-6(23)2-5(22)12(28)15(17)31/h4-6,15-16,21,26,35-37,40,44-45H,7-13H2,1-3H3,(H,31,41)(H,42,43);5-21,26-32H,2-4,22-25H2,1H3/t15?,16?,21-,26?,29+,30-;5-,6+,7-,8+,9-,10-,11+,12+,13+,14-,15-,16-,17-,18+,19+,20-,21-/m11/s1. The minimum Gasteiger partial charge on any atom is -0.508 e. The molecule has 8 aliphatic rings. The van der Waals surface area contributed by atoms with E-state index >= 15 is 0 Å². The van der Waals surface area contributed by atoms with Gasteiger partial charge in [0.1, 0.15) is 65.6 Å². The number of β-amino-alcohol motifs (C(OH)–C–C–N with tert-alkyl or cyclic N) is 1. The van der Waals surface area contributed by atoms with Gasteiger partial charge in [0.15, 0.2) is 36.4 Å². The number of aromatic hydroxyl groups is 1. The summed E-state index contributed by atoms with van der Waals surface area (Å²) in [5.41, 5.74) is 17.6. The average Bonchev–Trinajstić information content (AvgIpc) is 1.68. The number of aliphatic hydroxyl groups is 11. The van der Waals surface area contributed by atoms with Crippen molar-refractivity contribution in [3.63, 3.8) is 0 Å². The Morgan fingerprint density at radius 1 is 0.829 bits per heavy atom. The number of Topliss-reactive ketones (excluding diaryl/α,β-unsaturated/α-hetero) is 2. The second-order valence-corrected chi connectivity index (χ2v) is 22.7. The Balaban J connectivity index is 0.000000219. The molecule has 460 valence electrons. The molecule has 4 aliphatic heterocycles. The fraction of sp³-hybridized carbons (Fsp3) is 0.725. The predicted molar refractivity (Wildman–Crippen MR) is 279 cm³/mol. The van der Waals surface area contributed by atoms with Crippen LogP contribution in [-0.2, 0) is 48.5 Å². The molecule has 0 spiro atoms. The second kappa shape index (κ2) is 24.8. The molecule has 9 rings (SSSR count). The van der Waals surface area contributed by atoms with E-state index in [1.165, 1.54) is 49.0 Å². The topological polar surface area (TPSA) is 515 Å². The van der Waals surface area contributed by atoms with Crippen molar-refractivity contribution >= 4 is 29.2 Å². The molecule has 1 aromatic carbocycles. The van der Waals surface area contributed by atoms with Crippen LogP contribution in [0.4, 0.5) is 0 Å². The maximum atomic E-state index is 14.2. The summed E-state index contributed by atoms with van der Waals surface area (Å²) >= 11 is 0. The van der Waals surface area contributed by atoms with Crippen LogP contribution in [0.15, 0.2) is 35.1 Å². The van der Waals surface area contributed by atoms with Crippen LogP contribution in [0.3, 0.4) is 0 Å². The zero-order valence-corrected chi connectivity index (χ0v) is 45.6. The number of ether oxygens (including phenoxy) is 5. The van der Waals surface area contributed by atoms with Gasteiger partial charge in [0.2, 0.25) is 5.78 Å². The van der Waals surface area contributed by atoms with Crippen molar-refractivity contribution in [2.75, 3.05) is 67.1 Å². The van der Waals surface area contributed by atoms with E-state index in [4.69, 9.17) is 46.6 Å². The summed E-state index contributed by atoms with van der Waals surface area (Å²) in [6, 6.07) is -1.27. The molecule has 3 unspecified atom stereocenters. The molecule has 0 bridgehead atoms. The largest absolute Gasteiger partial charge is 0.508 e. The summed E-state index contributed by atoms with van der Waals surface area (Å²) in [6.45, 7) is 2.37. The minimum atomic E-state index is -2.93. The third kappa shape index (κ3) is 11.3. The first-order valence-electron chi connectivity index (χ1n) is 27.1. The highest BCUT2D eigenvalue weighted by molar-refractivity contribution is 6.25. The van der Waals surface area contributed by atoms with Gasteiger partial charge in [0.25, 0.3) is 5.91 Å². The fourth-order valence-corrected chi connectivity index (χ4v) is 12.8. The van der Waals surface area contributed by atoms with Crippen molar-refractivity contribution in [2.45, 2.75) is 154 Å². The van der Waals surface area contributed by atoms with Crippen molar-refractivity contribution < 1.29 is 109 Å². The van der Waals surface area contributed by atoms with Gasteiger partial charge in [-0.1, -0.05) is 12.1 Å². The number of hydrogen-bond acceptors (Lipinski definition) is 29. The number of ketones is 2. The molecule has 4 heterocycles. The third-order valence-electron chi connectivity index (χ3n) is 17.4. The maximum absolute atomic E-state index is 14.2. The van der Waals surface area contributed by atoms with Crippen molar-refractivity contribution in [2.24, 2.45) is 34.8 Å². The van der Waals surface area contributed by atoms with E-state index in [0.717, 1.165) is 0 Å². The normalized spacial score (nSPS) is 42.1. The van der Waals surface area contributed by atoms with Gasteiger partial charge in [0, 0.05) is 62.2 Å². The van der Waals surface area contributed by atoms with Gasteiger partial charge >= 0.3 is 5.97 Å². The zero-order valence-electron chi connectivity index (χ0n) is 45.6. The molecule has 1 aromatic rings. The second-order valence-electron chi connectivity index (χ2n) is 22.7. The summed E-state index contributed by atoms with van der Waals surface area (Å²) in [6.07, 6.45) is -15.6. The smallest absolute Gasteiger partial charge is 0.341 e. The molecular weight excluding hydrogens is 1090 g/mol. The number of carboxylic acids is 1. The molecule has 2 saturated carbocycles. The summed E-state index contributed by atoms with van der Waals surface area (Å²) < 4.78 is 29.2. The van der Waals surface area contributed by atoms with E-state index in [2.05, 4.69) is 10.6 Å². The summed E-state index contributed by atoms with van der Waals surface area (Å²) in [5, 5.41) is 143. The van der Waals surface area contributed by atoms with E-state index in [9.17, 15) is 85.6 Å². The van der Waals surface area contributed by atoms with Gasteiger partial charge < -0.3 is 124 Å². The van der Waals surface area contributed by atoms with Gasteiger partial charge in [-0.25, -0.2) is 4.79 Å². The number of benzene rings is 1. The summed E-state index contributed by atoms with van der Waals surface area (Å²) in [4.78, 5) is 58.7. The Kier molecular flexibility index (Phi) is 19.2. The number of phenolic OH excluding ortho intramolecular Hbond substituents is 1. The molecule has 23 N–H and O–H groups in total. The molecule has 0 radical (unpaired) electrons. The van der Waals surface area contributed by atoms with E-state index in [-0.39, 0.29) is 50.1 Å². The maximum Gasteiger partial charge on any atom is 0.341 e. The molecule has 1 amide bonds. The number of aliphatic carboxylic acids is 1. The fourth-order valence-electron chi connectivity index (χ4n) is 12.8. The quantitative estimate of drug-likeness (QED) is 0.0816. The lowest BCUT2D eigenvalue weighted by atomic mass is 9.54. The number of nitrogens with two attached hydrogens (primary N) is 4. The van der Waals surface area contributed by atoms with Crippen molar-refractivity contribution in [1.82, 2.24) is 25.3 Å². The Morgan fingerprint density at radius 2 is 1.50 bits per heavy atom. The van der Waals surface area contributed by atoms with Gasteiger partial charge in [-0.05, 0) is 59.0 Å². The first-order valence-corrected chi connectivity index (χ1v) is 27.1. The number of aliphatic hydroxyl groups excluding tert-OH is 9. The number of nitrogens with zero attached hydrogens (tertiary/aromatic N) is 3. The highest BCUT2D eigenvalue weighted by atomic mass is 16.8. The van der Waals surface area contributed by atoms with E-state index < -0.39 is 198 Å². The van der Waals surface area contributed by atoms with Crippen molar-refractivity contribution in [3.05, 3.63) is 46.2 Å². The lowest BCUT2D eigenvalue weighted by Crippen LogP contribution is -2.70. The molecule has 4 aliphatic carbocycles. The number of phenols is 1. The number of rotatable bonds is 13. The number of amides is 1. The minimum absolute atomic E-state index is 0.0784. The number of carbonyl (C=O) groups is 4. The monoisotopic (exact) mass is 1170 g/mol. The van der Waals surface area contributed by atoms with Crippen molar-refractivity contribution in [3.8, 4) is 5.75 Å². The Bertz CT molecular complexity index is 2590. The van der Waals surface area contributed by atoms with E-state index in [0.29, 0.717) is 19.6 Å². The number of hydrogen-bond donors (Lipinski definition) is 19. The summed E-state index contributed by atoms with van der Waals surface area (Å²) in [7, 11) is 4.48. The van der Waals surface area contributed by atoms with E-state index in [1.807, 2.05) is 4.90 Å². The number of likely N-dealkylation sites (N-methyl/N-ethyl adjacent to an activating group) is 2. The number of piperazine rings is 1. The van der Waals surface area contributed by atoms with Crippen LogP contribution in [0, 0.1) is 11.8 Å². The first-order chi connectivity index (χ1) is 38.6. The average molecular weight is 1170 g/mol. The zero-order chi connectivity index (χ0) is 60.3. The Hall–Kier alpha value is -4.50. The van der Waals surface area contributed by atoms with Crippen LogP contribution in [0.25, 0.3) is 5.76 Å². The van der Waals surface area contributed by atoms with Crippen LogP contribution in [-0.4, -0.2) is 293 Å². The lowest BCUT2D eigenvalue weighted by molar-refractivity contribution is -0.373. The number of fused-ring (bicyclic) bond motifs is 4. The molecule has 31 heteroatoms. The number of carboxylic acid groups (broad SMARTS) is 1. The Labute approximate surface area is 470 Å². The molecular formula is C51H79N9O22. The van der Waals surface area contributed by atoms with Crippen LogP contribution in [0.2, 0.25) is 0 Å². The molecule has 23 atom stereocenters. The van der Waals surface area contributed by atoms with Gasteiger partial charge in [-0.3, -0.25) is 29.1 Å². The number of carbonyl (C=O) groups excluding carboxylic acids is 3. The molecule has 6 fully saturated rings. The van der Waals surface area contributed by atoms with Crippen LogP contribution in [0.5, 0.6) is 5.75 Å². The first kappa shape index (κ1) is 63.5. The van der Waals surface area contributed by atoms with Gasteiger partial charge in [-0.15, -0.1) is 0 Å². The predicted octanol–water partition coefficient (Wildman–Crippen LogP) is -8.67. The summed E-state index contributed by atoms with van der Waals surface area (Å²) in [5.74, 6) is -10.1. The van der Waals surface area contributed by atoms with Gasteiger partial charge in [-0.2, -0.15) is 0 Å². The Morgan fingerprint density at radius 3 is 2.11 bits per heavy atom. The van der Waals surface area contributed by atoms with Crippen LogP contribution >= 0.6 is 0 Å². The van der Waals surface area contributed by atoms with Gasteiger partial charge in [0.05, 0.1) is 60.8 Å². The SMILES string of the molecule is CN(C)[C@H]1C(=O)C(C(=O)NC(C(=O)O)N2CCN(CCO)CC2)=C(O)[C@]2(O)C(=O)C3=C(O)c4c(O)cccc4[C@](C)(O)C3CC12.CN[C@@H]1[C@@H](O[C@H]2O[C@H](CO)[C@@H](N)[C@H](O)[C@H]2O)O[C@H]2C[C@@H](N)[C@@H](O[C@H]3[C@H](O)[C@@H](O)[C@H](N)C[C@@H]3N)O[C@@H]2[C@@H]1O. The van der Waals surface area contributed by atoms with Crippen molar-refractivity contribution in [1.29, 1.82) is 0 Å². The van der Waals surface area contributed by atoms with E-state index in [1.54, 1.807) is 7.05 Å². The molecule has 4 saturated heterocycles. The molecule has 31 nitrogen and oxygen atoms in total. The van der Waals surface area contributed by atoms with Crippen LogP contribution < -0.4 is 33.6 Å².